The zero-order valence-electron chi connectivity index (χ0n) is 12.3. The molecular weight excluding hydrogens is 268 g/mol. The first-order valence-corrected chi connectivity index (χ1v) is 7.05. The molecule has 0 unspecified atom stereocenters. The highest BCUT2D eigenvalue weighted by atomic mass is 16.3. The van der Waals surface area contributed by atoms with Crippen LogP contribution in [-0.2, 0) is 16.0 Å². The first-order valence-electron chi connectivity index (χ1n) is 7.05. The fourth-order valence-electron chi connectivity index (χ4n) is 2.31. The second kappa shape index (κ2) is 6.54. The van der Waals surface area contributed by atoms with Crippen LogP contribution in [0.1, 0.15) is 19.4 Å². The molecule has 2 rings (SSSR count). The Balaban J connectivity index is 2.10. The summed E-state index contributed by atoms with van der Waals surface area (Å²) in [6.07, 6.45) is 2.23. The Labute approximate surface area is 124 Å². The van der Waals surface area contributed by atoms with Gasteiger partial charge >= 0.3 is 0 Å². The molecule has 1 heterocycles. The van der Waals surface area contributed by atoms with E-state index in [1.54, 1.807) is 0 Å². The van der Waals surface area contributed by atoms with Crippen LogP contribution in [0, 0.1) is 5.92 Å². The third kappa shape index (κ3) is 3.70. The van der Waals surface area contributed by atoms with Crippen LogP contribution in [0.4, 0.5) is 5.69 Å². The van der Waals surface area contributed by atoms with Crippen LogP contribution >= 0.6 is 0 Å². The number of carbonyl (C=O) groups is 2. The molecule has 0 aliphatic carbocycles. The van der Waals surface area contributed by atoms with E-state index >= 15 is 0 Å². The number of aliphatic hydroxyl groups is 1. The van der Waals surface area contributed by atoms with Gasteiger partial charge in [-0.3, -0.25) is 14.5 Å². The molecule has 0 atom stereocenters. The van der Waals surface area contributed by atoms with Gasteiger partial charge < -0.3 is 10.4 Å². The Bertz CT molecular complexity index is 579. The summed E-state index contributed by atoms with van der Waals surface area (Å²) in [5.74, 6) is -0.243. The van der Waals surface area contributed by atoms with Crippen LogP contribution in [-0.4, -0.2) is 35.0 Å². The van der Waals surface area contributed by atoms with Crippen molar-refractivity contribution in [3.05, 3.63) is 41.6 Å². The summed E-state index contributed by atoms with van der Waals surface area (Å²) in [6.45, 7) is 4.08. The van der Waals surface area contributed by atoms with Gasteiger partial charge in [-0.2, -0.15) is 0 Å². The Morgan fingerprint density at radius 3 is 2.71 bits per heavy atom. The lowest BCUT2D eigenvalue weighted by Crippen LogP contribution is -2.34. The van der Waals surface area contributed by atoms with Gasteiger partial charge in [0.25, 0.3) is 11.8 Å². The number of β-amino-alcohol motifs (C(OH)–C–C–N with tert-alkyl or cyclic N) is 1. The fourth-order valence-corrected chi connectivity index (χ4v) is 2.31. The van der Waals surface area contributed by atoms with Crippen molar-refractivity contribution in [2.24, 2.45) is 5.92 Å². The van der Waals surface area contributed by atoms with Gasteiger partial charge in [0, 0.05) is 11.8 Å². The smallest absolute Gasteiger partial charge is 0.277 e. The molecule has 1 aromatic carbocycles. The molecule has 0 radical (unpaired) electrons. The van der Waals surface area contributed by atoms with Crippen LogP contribution in [0.2, 0.25) is 0 Å². The summed E-state index contributed by atoms with van der Waals surface area (Å²) in [4.78, 5) is 24.7. The zero-order chi connectivity index (χ0) is 15.4. The molecule has 2 amide bonds. The van der Waals surface area contributed by atoms with Crippen molar-refractivity contribution in [2.45, 2.75) is 20.3 Å². The molecule has 112 valence electrons. The standard InChI is InChI=1S/C16H20N2O3/c1-11(2)8-12-4-3-5-13(9-12)17-14-10-15(20)18(6-7-19)16(14)21/h3-5,9-11,17,19H,6-8H2,1-2H3. The summed E-state index contributed by atoms with van der Waals surface area (Å²) < 4.78 is 0. The van der Waals surface area contributed by atoms with Crippen LogP contribution in [0.15, 0.2) is 36.0 Å². The third-order valence-corrected chi connectivity index (χ3v) is 3.18. The summed E-state index contributed by atoms with van der Waals surface area (Å²) in [5, 5.41) is 11.9. The lowest BCUT2D eigenvalue weighted by Gasteiger charge is -2.14. The van der Waals surface area contributed by atoms with E-state index in [9.17, 15) is 9.59 Å². The molecular formula is C16H20N2O3. The molecule has 0 aromatic heterocycles. The molecule has 0 saturated heterocycles. The predicted octanol–water partition coefficient (Wildman–Crippen LogP) is 1.54. The number of hydrogen-bond donors (Lipinski definition) is 2. The van der Waals surface area contributed by atoms with E-state index in [0.717, 1.165) is 17.0 Å². The number of anilines is 1. The SMILES string of the molecule is CC(C)Cc1cccc(NC2=CC(=O)N(CCO)C2=O)c1. The maximum atomic E-state index is 12.0. The number of hydrogen-bond acceptors (Lipinski definition) is 4. The topological polar surface area (TPSA) is 69.6 Å². The number of amides is 2. The molecule has 5 heteroatoms. The molecule has 2 N–H and O–H groups in total. The number of imide groups is 1. The number of rotatable bonds is 6. The lowest BCUT2D eigenvalue weighted by molar-refractivity contribution is -0.137. The van der Waals surface area contributed by atoms with Crippen molar-refractivity contribution in [3.63, 3.8) is 0 Å². The lowest BCUT2D eigenvalue weighted by atomic mass is 10.0. The minimum atomic E-state index is -0.400. The summed E-state index contributed by atoms with van der Waals surface area (Å²) >= 11 is 0. The molecule has 1 aliphatic rings. The van der Waals surface area contributed by atoms with Crippen LogP contribution in [0.3, 0.4) is 0 Å². The summed E-state index contributed by atoms with van der Waals surface area (Å²) in [7, 11) is 0. The van der Waals surface area contributed by atoms with Crippen LogP contribution < -0.4 is 5.32 Å². The zero-order valence-corrected chi connectivity index (χ0v) is 12.3. The van der Waals surface area contributed by atoms with Crippen molar-refractivity contribution in [3.8, 4) is 0 Å². The van der Waals surface area contributed by atoms with E-state index in [-0.39, 0.29) is 18.8 Å². The van der Waals surface area contributed by atoms with E-state index in [1.165, 1.54) is 11.6 Å². The Morgan fingerprint density at radius 2 is 2.05 bits per heavy atom. The van der Waals surface area contributed by atoms with Gasteiger partial charge in [-0.1, -0.05) is 26.0 Å². The summed E-state index contributed by atoms with van der Waals surface area (Å²) in [6, 6.07) is 7.80. The van der Waals surface area contributed by atoms with Crippen LogP contribution in [0.5, 0.6) is 0 Å². The van der Waals surface area contributed by atoms with Gasteiger partial charge in [-0.05, 0) is 30.0 Å². The van der Waals surface area contributed by atoms with Gasteiger partial charge in [0.1, 0.15) is 5.70 Å². The quantitative estimate of drug-likeness (QED) is 0.779. The number of aliphatic hydroxyl groups excluding tert-OH is 1. The van der Waals surface area contributed by atoms with Crippen LogP contribution in [0.25, 0.3) is 0 Å². The Morgan fingerprint density at radius 1 is 1.29 bits per heavy atom. The predicted molar refractivity (Wildman–Crippen MR) is 80.5 cm³/mol. The average Bonchev–Trinajstić information content (AvgIpc) is 2.66. The number of nitrogens with zero attached hydrogens (tertiary/aromatic N) is 1. The maximum absolute atomic E-state index is 12.0. The van der Waals surface area contributed by atoms with Gasteiger partial charge in [-0.15, -0.1) is 0 Å². The van der Waals surface area contributed by atoms with E-state index in [2.05, 4.69) is 19.2 Å². The molecule has 1 aromatic rings. The first-order chi connectivity index (χ1) is 10.0. The molecule has 0 spiro atoms. The van der Waals surface area contributed by atoms with Crippen molar-refractivity contribution >= 4 is 17.5 Å². The first kappa shape index (κ1) is 15.3. The second-order valence-corrected chi connectivity index (χ2v) is 5.50. The second-order valence-electron chi connectivity index (χ2n) is 5.50. The fraction of sp³-hybridized carbons (Fsp3) is 0.375. The van der Waals surface area contributed by atoms with Gasteiger partial charge in [-0.25, -0.2) is 0 Å². The Kier molecular flexibility index (Phi) is 4.75. The van der Waals surface area contributed by atoms with Crippen molar-refractivity contribution in [2.75, 3.05) is 18.5 Å². The normalized spacial score (nSPS) is 14.9. The van der Waals surface area contributed by atoms with E-state index in [0.29, 0.717) is 5.92 Å². The molecule has 0 saturated carbocycles. The van der Waals surface area contributed by atoms with Crippen molar-refractivity contribution < 1.29 is 14.7 Å². The molecule has 5 nitrogen and oxygen atoms in total. The number of benzene rings is 1. The molecule has 1 aliphatic heterocycles. The highest BCUT2D eigenvalue weighted by molar-refractivity contribution is 6.17. The van der Waals surface area contributed by atoms with Crippen molar-refractivity contribution in [1.82, 2.24) is 4.90 Å². The minimum absolute atomic E-state index is 0.0206. The largest absolute Gasteiger partial charge is 0.395 e. The molecule has 0 fully saturated rings. The monoisotopic (exact) mass is 288 g/mol. The van der Waals surface area contributed by atoms with Crippen molar-refractivity contribution in [1.29, 1.82) is 0 Å². The number of carbonyl (C=O) groups excluding carboxylic acids is 2. The van der Waals surface area contributed by atoms with E-state index in [1.807, 2.05) is 24.3 Å². The van der Waals surface area contributed by atoms with E-state index in [4.69, 9.17) is 5.11 Å². The summed E-state index contributed by atoms with van der Waals surface area (Å²) in [5.41, 5.74) is 2.21. The minimum Gasteiger partial charge on any atom is -0.395 e. The highest BCUT2D eigenvalue weighted by Gasteiger charge is 2.30. The van der Waals surface area contributed by atoms with Gasteiger partial charge in [0.15, 0.2) is 0 Å². The molecule has 0 bridgehead atoms. The van der Waals surface area contributed by atoms with E-state index < -0.39 is 11.8 Å². The number of nitrogens with one attached hydrogen (secondary N) is 1. The Hall–Kier alpha value is -2.14. The molecule has 21 heavy (non-hydrogen) atoms. The van der Waals surface area contributed by atoms with Gasteiger partial charge in [0.05, 0.1) is 13.2 Å². The average molecular weight is 288 g/mol. The van der Waals surface area contributed by atoms with Gasteiger partial charge in [0.2, 0.25) is 0 Å². The third-order valence-electron chi connectivity index (χ3n) is 3.18. The maximum Gasteiger partial charge on any atom is 0.277 e. The highest BCUT2D eigenvalue weighted by Crippen LogP contribution is 2.19.